The molecule has 1 aromatic rings. The van der Waals surface area contributed by atoms with Crippen LogP contribution in [0.15, 0.2) is 30.3 Å². The van der Waals surface area contributed by atoms with Gasteiger partial charge in [-0.15, -0.1) is 0 Å². The molecule has 4 rings (SSSR count). The largest absolute Gasteiger partial charge is 0.394 e. The lowest BCUT2D eigenvalue weighted by molar-refractivity contribution is -0.150. The van der Waals surface area contributed by atoms with Crippen molar-refractivity contribution in [2.45, 2.75) is 62.9 Å². The number of aliphatic hydroxyl groups is 1. The summed E-state index contributed by atoms with van der Waals surface area (Å²) in [7, 11) is 1.56. The highest BCUT2D eigenvalue weighted by Crippen LogP contribution is 2.64. The number of hydrogen-bond donors (Lipinski definition) is 3. The second-order valence-corrected chi connectivity index (χ2v) is 8.93. The van der Waals surface area contributed by atoms with E-state index < -0.39 is 35.1 Å². The first-order chi connectivity index (χ1) is 14.8. The molecular weight excluding hydrogens is 398 g/mol. The Labute approximate surface area is 182 Å². The van der Waals surface area contributed by atoms with Crippen LogP contribution >= 0.6 is 0 Å². The fourth-order valence-electron chi connectivity index (χ4n) is 5.95. The monoisotopic (exact) mass is 429 g/mol. The maximum Gasteiger partial charge on any atom is 0.246 e. The summed E-state index contributed by atoms with van der Waals surface area (Å²) >= 11 is 0. The number of carbonyl (C=O) groups is 3. The van der Waals surface area contributed by atoms with Crippen LogP contribution in [0.5, 0.6) is 0 Å². The summed E-state index contributed by atoms with van der Waals surface area (Å²) in [5, 5.41) is 15.5. The molecule has 3 saturated heterocycles. The zero-order valence-corrected chi connectivity index (χ0v) is 18.3. The molecule has 3 aliphatic rings. The Bertz CT molecular complexity index is 877. The number of nitrogens with one attached hydrogen (secondary N) is 2. The molecule has 2 unspecified atom stereocenters. The minimum absolute atomic E-state index is 0.233. The molecule has 6 atom stereocenters. The van der Waals surface area contributed by atoms with Gasteiger partial charge < -0.3 is 25.4 Å². The summed E-state index contributed by atoms with van der Waals surface area (Å²) in [4.78, 5) is 41.4. The minimum atomic E-state index is -1.06. The molecule has 3 heterocycles. The van der Waals surface area contributed by atoms with Gasteiger partial charge in [0, 0.05) is 13.6 Å². The van der Waals surface area contributed by atoms with E-state index in [1.54, 1.807) is 14.0 Å². The zero-order valence-electron chi connectivity index (χ0n) is 18.3. The summed E-state index contributed by atoms with van der Waals surface area (Å²) < 4.78 is 6.57. The van der Waals surface area contributed by atoms with Gasteiger partial charge in [0.2, 0.25) is 17.7 Å². The van der Waals surface area contributed by atoms with Crippen molar-refractivity contribution in [3.05, 3.63) is 35.9 Å². The quantitative estimate of drug-likeness (QED) is 0.588. The second-order valence-electron chi connectivity index (χ2n) is 8.93. The molecule has 0 aliphatic carbocycles. The predicted molar refractivity (Wildman–Crippen MR) is 113 cm³/mol. The van der Waals surface area contributed by atoms with Gasteiger partial charge in [0.25, 0.3) is 0 Å². The molecule has 8 heteroatoms. The molecular formula is C23H31N3O5. The molecule has 3 fully saturated rings. The summed E-state index contributed by atoms with van der Waals surface area (Å²) in [6, 6.07) is 8.08. The van der Waals surface area contributed by atoms with E-state index in [0.717, 1.165) is 5.56 Å². The van der Waals surface area contributed by atoms with Crippen LogP contribution in [-0.4, -0.2) is 64.7 Å². The molecule has 0 radical (unpaired) electrons. The fourth-order valence-corrected chi connectivity index (χ4v) is 5.95. The number of rotatable bonds is 7. The maximum absolute atomic E-state index is 13.6. The van der Waals surface area contributed by atoms with E-state index in [-0.39, 0.29) is 24.3 Å². The number of carbonyl (C=O) groups excluding carboxylic acids is 3. The van der Waals surface area contributed by atoms with E-state index in [0.29, 0.717) is 25.8 Å². The van der Waals surface area contributed by atoms with E-state index >= 15 is 0 Å². The lowest BCUT2D eigenvalue weighted by atomic mass is 9.65. The Balaban J connectivity index is 1.71. The van der Waals surface area contributed by atoms with Crippen molar-refractivity contribution in [3.63, 3.8) is 0 Å². The number of aliphatic hydroxyl groups excluding tert-OH is 1. The zero-order chi connectivity index (χ0) is 22.4. The highest BCUT2D eigenvalue weighted by Gasteiger charge is 2.78. The molecule has 3 amide bonds. The average molecular weight is 430 g/mol. The van der Waals surface area contributed by atoms with Crippen molar-refractivity contribution in [2.75, 3.05) is 13.7 Å². The van der Waals surface area contributed by atoms with Crippen LogP contribution in [0.2, 0.25) is 0 Å². The van der Waals surface area contributed by atoms with Crippen LogP contribution in [0.4, 0.5) is 0 Å². The summed E-state index contributed by atoms with van der Waals surface area (Å²) in [6.07, 6.45) is 1.74. The smallest absolute Gasteiger partial charge is 0.246 e. The third-order valence-electron chi connectivity index (χ3n) is 7.44. The van der Waals surface area contributed by atoms with Crippen LogP contribution in [0.25, 0.3) is 0 Å². The second kappa shape index (κ2) is 7.91. The van der Waals surface area contributed by atoms with Crippen LogP contribution < -0.4 is 10.6 Å². The third kappa shape index (κ3) is 3.07. The van der Waals surface area contributed by atoms with Crippen molar-refractivity contribution < 1.29 is 24.2 Å². The summed E-state index contributed by atoms with van der Waals surface area (Å²) in [5.74, 6) is -2.22. The predicted octanol–water partition coefficient (Wildman–Crippen LogP) is 0.584. The minimum Gasteiger partial charge on any atom is -0.394 e. The molecule has 2 bridgehead atoms. The van der Waals surface area contributed by atoms with E-state index in [2.05, 4.69) is 10.6 Å². The molecule has 0 aromatic heterocycles. The Morgan fingerprint density at radius 3 is 2.58 bits per heavy atom. The molecule has 1 spiro atoms. The lowest BCUT2D eigenvalue weighted by Gasteiger charge is -2.36. The van der Waals surface area contributed by atoms with Crippen molar-refractivity contribution in [1.29, 1.82) is 0 Å². The van der Waals surface area contributed by atoms with E-state index in [4.69, 9.17) is 4.74 Å². The van der Waals surface area contributed by atoms with Crippen LogP contribution in [0.3, 0.4) is 0 Å². The summed E-state index contributed by atoms with van der Waals surface area (Å²) in [5.41, 5.74) is -0.859. The van der Waals surface area contributed by atoms with E-state index in [1.165, 1.54) is 4.90 Å². The molecule has 8 nitrogen and oxygen atoms in total. The van der Waals surface area contributed by atoms with Crippen molar-refractivity contribution in [2.24, 2.45) is 11.8 Å². The number of likely N-dealkylation sites (tertiary alicyclic amines) is 1. The number of amides is 3. The van der Waals surface area contributed by atoms with Gasteiger partial charge in [-0.3, -0.25) is 14.4 Å². The van der Waals surface area contributed by atoms with Crippen molar-refractivity contribution >= 4 is 17.7 Å². The number of fused-ring (bicyclic) bond motifs is 1. The average Bonchev–Trinajstić information content (AvgIpc) is 3.40. The first-order valence-electron chi connectivity index (χ1n) is 11.0. The maximum atomic E-state index is 13.6. The van der Waals surface area contributed by atoms with Gasteiger partial charge in [0.05, 0.1) is 30.1 Å². The SMILES string of the molecule is CC[C@@]12CCC3(O1)C(C(=O)NCc1ccccc1)N([C@H](C)CO)C(=O)[C@@H]3[C@@H]2C(=O)NC. The van der Waals surface area contributed by atoms with Gasteiger partial charge in [-0.2, -0.15) is 0 Å². The lowest BCUT2D eigenvalue weighted by Crippen LogP contribution is -2.57. The molecule has 31 heavy (non-hydrogen) atoms. The number of nitrogens with zero attached hydrogens (tertiary/aromatic N) is 1. The molecule has 1 aromatic carbocycles. The first kappa shape index (κ1) is 21.8. The number of ether oxygens (including phenoxy) is 1. The Morgan fingerprint density at radius 2 is 1.97 bits per heavy atom. The third-order valence-corrected chi connectivity index (χ3v) is 7.44. The molecule has 168 valence electrons. The van der Waals surface area contributed by atoms with E-state index in [1.807, 2.05) is 37.3 Å². The molecule has 0 saturated carbocycles. The van der Waals surface area contributed by atoms with Crippen molar-refractivity contribution in [3.8, 4) is 0 Å². The van der Waals surface area contributed by atoms with Gasteiger partial charge in [-0.25, -0.2) is 0 Å². The standard InChI is InChI=1S/C23H31N3O5/c1-4-22-10-11-23(31-22)17(16(22)19(28)24-3)21(30)26(14(2)13-27)18(23)20(29)25-12-15-8-6-5-7-9-15/h5-9,14,16-18,27H,4,10-13H2,1-3H3,(H,24,28)(H,25,29)/t14-,16-,17+,18?,22+,23?/m1/s1. The highest BCUT2D eigenvalue weighted by molar-refractivity contribution is 5.99. The highest BCUT2D eigenvalue weighted by atomic mass is 16.5. The van der Waals surface area contributed by atoms with Crippen LogP contribution in [0.1, 0.15) is 38.7 Å². The first-order valence-corrected chi connectivity index (χ1v) is 11.0. The van der Waals surface area contributed by atoms with Crippen LogP contribution in [0, 0.1) is 11.8 Å². The van der Waals surface area contributed by atoms with Gasteiger partial charge in [0.15, 0.2) is 0 Å². The van der Waals surface area contributed by atoms with Crippen molar-refractivity contribution in [1.82, 2.24) is 15.5 Å². The van der Waals surface area contributed by atoms with Crippen LogP contribution in [-0.2, 0) is 25.7 Å². The van der Waals surface area contributed by atoms with Gasteiger partial charge >= 0.3 is 0 Å². The van der Waals surface area contributed by atoms with Gasteiger partial charge in [-0.1, -0.05) is 37.3 Å². The molecule has 3 N–H and O–H groups in total. The Kier molecular flexibility index (Phi) is 5.55. The topological polar surface area (TPSA) is 108 Å². The fraction of sp³-hybridized carbons (Fsp3) is 0.609. The number of hydrogen-bond acceptors (Lipinski definition) is 5. The van der Waals surface area contributed by atoms with Gasteiger partial charge in [-0.05, 0) is 31.7 Å². The number of benzene rings is 1. The summed E-state index contributed by atoms with van der Waals surface area (Å²) in [6.45, 7) is 3.72. The molecule has 3 aliphatic heterocycles. The van der Waals surface area contributed by atoms with Gasteiger partial charge in [0.1, 0.15) is 11.6 Å². The normalized spacial score (nSPS) is 34.5. The Morgan fingerprint density at radius 1 is 1.26 bits per heavy atom. The van der Waals surface area contributed by atoms with E-state index in [9.17, 15) is 19.5 Å². The Hall–Kier alpha value is -2.45.